The molecule has 15 heavy (non-hydrogen) atoms. The van der Waals surface area contributed by atoms with Gasteiger partial charge in [-0.05, 0) is 18.2 Å². The van der Waals surface area contributed by atoms with E-state index in [1.807, 2.05) is 0 Å². The van der Waals surface area contributed by atoms with E-state index >= 15 is 0 Å². The molecular weight excluding hydrogens is 198 g/mol. The lowest BCUT2D eigenvalue weighted by Gasteiger charge is -1.97. The molecule has 0 saturated carbocycles. The topological polar surface area (TPSA) is 83.3 Å². The highest BCUT2D eigenvalue weighted by atomic mass is 16.4. The molecule has 0 amide bonds. The van der Waals surface area contributed by atoms with Crippen LogP contribution in [0, 0.1) is 0 Å². The molecule has 5 heteroatoms. The monoisotopic (exact) mass is 205 g/mol. The summed E-state index contributed by atoms with van der Waals surface area (Å²) in [6.45, 7) is 0. The van der Waals surface area contributed by atoms with E-state index in [0.717, 1.165) is 0 Å². The van der Waals surface area contributed by atoms with Crippen molar-refractivity contribution in [2.75, 3.05) is 0 Å². The predicted octanol–water partition coefficient (Wildman–Crippen LogP) is 1.33. The Morgan fingerprint density at radius 3 is 2.87 bits per heavy atom. The maximum Gasteiger partial charge on any atom is 0.341 e. The summed E-state index contributed by atoms with van der Waals surface area (Å²) in [5, 5.41) is 8.74. The van der Waals surface area contributed by atoms with E-state index in [4.69, 9.17) is 9.52 Å². The summed E-state index contributed by atoms with van der Waals surface area (Å²) in [4.78, 5) is 24.2. The van der Waals surface area contributed by atoms with E-state index in [-0.39, 0.29) is 5.56 Å². The molecular formula is C10H7NO4. The lowest BCUT2D eigenvalue weighted by Crippen LogP contribution is -2.16. The van der Waals surface area contributed by atoms with E-state index in [0.29, 0.717) is 11.3 Å². The number of H-pyrrole nitrogens is 1. The number of aromatic carboxylic acids is 1. The first-order valence-electron chi connectivity index (χ1n) is 4.18. The molecule has 5 nitrogen and oxygen atoms in total. The fourth-order valence-electron chi connectivity index (χ4n) is 1.23. The van der Waals surface area contributed by atoms with Crippen LogP contribution in [0.1, 0.15) is 10.4 Å². The van der Waals surface area contributed by atoms with Gasteiger partial charge in [0, 0.05) is 11.8 Å². The SMILES string of the molecule is O=C(O)c1cc(-c2ccco2)c[nH]c1=O. The summed E-state index contributed by atoms with van der Waals surface area (Å²) in [6.07, 6.45) is 2.88. The molecule has 2 aromatic heterocycles. The van der Waals surface area contributed by atoms with Crippen LogP contribution in [0.3, 0.4) is 0 Å². The third-order valence-corrected chi connectivity index (χ3v) is 1.94. The molecule has 76 valence electrons. The van der Waals surface area contributed by atoms with Gasteiger partial charge < -0.3 is 14.5 Å². The van der Waals surface area contributed by atoms with Crippen LogP contribution in [0.2, 0.25) is 0 Å². The number of aromatic nitrogens is 1. The summed E-state index contributed by atoms with van der Waals surface area (Å²) in [5.74, 6) is -0.751. The molecule has 2 rings (SSSR count). The Morgan fingerprint density at radius 1 is 1.47 bits per heavy atom. The van der Waals surface area contributed by atoms with Gasteiger partial charge in [-0.3, -0.25) is 4.79 Å². The van der Waals surface area contributed by atoms with Crippen LogP contribution < -0.4 is 5.56 Å². The highest BCUT2D eigenvalue weighted by molar-refractivity contribution is 5.88. The first-order valence-corrected chi connectivity index (χ1v) is 4.18. The average Bonchev–Trinajstić information content (AvgIpc) is 2.71. The van der Waals surface area contributed by atoms with Gasteiger partial charge in [0.25, 0.3) is 5.56 Å². The van der Waals surface area contributed by atoms with Crippen LogP contribution in [0.4, 0.5) is 0 Å². The van der Waals surface area contributed by atoms with Gasteiger partial charge in [-0.2, -0.15) is 0 Å². The summed E-state index contributed by atoms with van der Waals surface area (Å²) >= 11 is 0. The Labute approximate surface area is 84.0 Å². The van der Waals surface area contributed by atoms with Crippen LogP contribution in [-0.4, -0.2) is 16.1 Å². The van der Waals surface area contributed by atoms with Crippen molar-refractivity contribution in [3.05, 3.63) is 46.6 Å². The number of nitrogens with one attached hydrogen (secondary N) is 1. The van der Waals surface area contributed by atoms with Crippen molar-refractivity contribution in [3.63, 3.8) is 0 Å². The maximum atomic E-state index is 11.1. The van der Waals surface area contributed by atoms with Crippen molar-refractivity contribution in [2.24, 2.45) is 0 Å². The number of rotatable bonds is 2. The van der Waals surface area contributed by atoms with Crippen molar-refractivity contribution >= 4 is 5.97 Å². The summed E-state index contributed by atoms with van der Waals surface area (Å²) < 4.78 is 5.08. The third kappa shape index (κ3) is 1.67. The Kier molecular flexibility index (Phi) is 2.13. The van der Waals surface area contributed by atoms with Gasteiger partial charge in [-0.1, -0.05) is 0 Å². The van der Waals surface area contributed by atoms with Crippen LogP contribution in [0.5, 0.6) is 0 Å². The van der Waals surface area contributed by atoms with Crippen LogP contribution in [-0.2, 0) is 0 Å². The number of hydrogen-bond donors (Lipinski definition) is 2. The number of carbonyl (C=O) groups is 1. The molecule has 0 atom stereocenters. The molecule has 2 N–H and O–H groups in total. The molecule has 0 spiro atoms. The number of carboxylic acids is 1. The van der Waals surface area contributed by atoms with E-state index in [2.05, 4.69) is 4.98 Å². The van der Waals surface area contributed by atoms with E-state index in [9.17, 15) is 9.59 Å². The molecule has 2 heterocycles. The molecule has 0 unspecified atom stereocenters. The van der Waals surface area contributed by atoms with E-state index in [1.54, 1.807) is 12.1 Å². The minimum Gasteiger partial charge on any atom is -0.477 e. The van der Waals surface area contributed by atoms with Gasteiger partial charge in [0.15, 0.2) is 0 Å². The van der Waals surface area contributed by atoms with E-state index in [1.165, 1.54) is 18.5 Å². The first kappa shape index (κ1) is 9.26. The Hall–Kier alpha value is -2.30. The molecule has 0 aromatic carbocycles. The fraction of sp³-hybridized carbons (Fsp3) is 0. The highest BCUT2D eigenvalue weighted by Gasteiger charge is 2.11. The third-order valence-electron chi connectivity index (χ3n) is 1.94. The normalized spacial score (nSPS) is 10.1. The van der Waals surface area contributed by atoms with Crippen molar-refractivity contribution in [3.8, 4) is 11.3 Å². The van der Waals surface area contributed by atoms with Gasteiger partial charge >= 0.3 is 5.97 Å². The van der Waals surface area contributed by atoms with Gasteiger partial charge in [-0.25, -0.2) is 4.79 Å². The molecule has 0 aliphatic carbocycles. The molecule has 0 saturated heterocycles. The Morgan fingerprint density at radius 2 is 2.27 bits per heavy atom. The number of pyridine rings is 1. The molecule has 0 fully saturated rings. The van der Waals surface area contributed by atoms with Gasteiger partial charge in [-0.15, -0.1) is 0 Å². The number of carboxylic acid groups (broad SMARTS) is 1. The molecule has 0 radical (unpaired) electrons. The van der Waals surface area contributed by atoms with Gasteiger partial charge in [0.2, 0.25) is 0 Å². The average molecular weight is 205 g/mol. The number of furan rings is 1. The predicted molar refractivity (Wildman–Crippen MR) is 51.7 cm³/mol. The summed E-state index contributed by atoms with van der Waals surface area (Å²) in [5.41, 5.74) is -0.404. The molecule has 0 bridgehead atoms. The lowest BCUT2D eigenvalue weighted by atomic mass is 10.1. The van der Waals surface area contributed by atoms with Crippen molar-refractivity contribution < 1.29 is 14.3 Å². The second-order valence-electron chi connectivity index (χ2n) is 2.91. The second kappa shape index (κ2) is 3.45. The van der Waals surface area contributed by atoms with Crippen LogP contribution in [0.15, 0.2) is 39.9 Å². The molecule has 2 aromatic rings. The van der Waals surface area contributed by atoms with E-state index < -0.39 is 11.5 Å². The Balaban J connectivity index is 2.57. The lowest BCUT2D eigenvalue weighted by molar-refractivity contribution is 0.0695. The molecule has 0 aliphatic rings. The van der Waals surface area contributed by atoms with Crippen molar-refractivity contribution in [2.45, 2.75) is 0 Å². The van der Waals surface area contributed by atoms with Crippen molar-refractivity contribution in [1.29, 1.82) is 0 Å². The largest absolute Gasteiger partial charge is 0.477 e. The van der Waals surface area contributed by atoms with Gasteiger partial charge in [0.1, 0.15) is 11.3 Å². The van der Waals surface area contributed by atoms with Crippen LogP contribution in [0.25, 0.3) is 11.3 Å². The summed E-state index contributed by atoms with van der Waals surface area (Å²) in [6, 6.07) is 4.64. The first-order chi connectivity index (χ1) is 7.18. The highest BCUT2D eigenvalue weighted by Crippen LogP contribution is 2.18. The maximum absolute atomic E-state index is 11.1. The Bertz CT molecular complexity index is 539. The zero-order chi connectivity index (χ0) is 10.8. The second-order valence-corrected chi connectivity index (χ2v) is 2.91. The van der Waals surface area contributed by atoms with Gasteiger partial charge in [0.05, 0.1) is 6.26 Å². The smallest absolute Gasteiger partial charge is 0.341 e. The zero-order valence-electron chi connectivity index (χ0n) is 7.56. The molecule has 0 aliphatic heterocycles. The van der Waals surface area contributed by atoms with Crippen molar-refractivity contribution in [1.82, 2.24) is 4.98 Å². The zero-order valence-corrected chi connectivity index (χ0v) is 7.56. The summed E-state index contributed by atoms with van der Waals surface area (Å²) in [7, 11) is 0. The van der Waals surface area contributed by atoms with Crippen LogP contribution >= 0.6 is 0 Å². The standard InChI is InChI=1S/C10H7NO4/c12-9-7(10(13)14)4-6(5-11-9)8-2-1-3-15-8/h1-5H,(H,11,12)(H,13,14). The number of aromatic amines is 1. The number of hydrogen-bond acceptors (Lipinski definition) is 3. The fourth-order valence-corrected chi connectivity index (χ4v) is 1.23. The quantitative estimate of drug-likeness (QED) is 0.774. The minimum atomic E-state index is -1.26. The minimum absolute atomic E-state index is 0.302.